The van der Waals surface area contributed by atoms with Gasteiger partial charge >= 0.3 is 5.97 Å². The largest absolute Gasteiger partial charge is 0.458 e. The Balaban J connectivity index is 1.91. The van der Waals surface area contributed by atoms with E-state index in [-0.39, 0.29) is 5.91 Å². The molecule has 1 aliphatic rings. The van der Waals surface area contributed by atoms with Gasteiger partial charge < -0.3 is 15.0 Å². The number of hydrogen-bond donors (Lipinski definition) is 1. The summed E-state index contributed by atoms with van der Waals surface area (Å²) >= 11 is 0. The molecule has 1 unspecified atom stereocenters. The minimum Gasteiger partial charge on any atom is -0.458 e. The number of nitrogens with one attached hydrogen (secondary N) is 1. The average molecular weight is 366 g/mol. The highest BCUT2D eigenvalue weighted by atomic mass is 16.6. The molecule has 1 saturated heterocycles. The molecule has 0 bridgehead atoms. The summed E-state index contributed by atoms with van der Waals surface area (Å²) in [5, 5.41) is 3.17. The Morgan fingerprint density at radius 1 is 1.22 bits per heavy atom. The Labute approximate surface area is 159 Å². The number of amides is 1. The third-order valence-electron chi connectivity index (χ3n) is 4.24. The number of hydrogen-bond acceptors (Lipinski definition) is 5. The molecule has 1 aliphatic heterocycles. The summed E-state index contributed by atoms with van der Waals surface area (Å²) in [6, 6.07) is 10.3. The average Bonchev–Trinajstić information content (AvgIpc) is 2.67. The third-order valence-corrected chi connectivity index (χ3v) is 4.24. The fourth-order valence-electron chi connectivity index (χ4n) is 3.06. The fourth-order valence-corrected chi connectivity index (χ4v) is 3.06. The Morgan fingerprint density at radius 2 is 2.00 bits per heavy atom. The molecule has 1 radical (unpaired) electrons. The minimum atomic E-state index is -0.656. The molecule has 2 aromatic rings. The second-order valence-corrected chi connectivity index (χ2v) is 7.46. The number of benzene rings is 1. The van der Waals surface area contributed by atoms with Gasteiger partial charge in [-0.1, -0.05) is 24.3 Å². The predicted octanol–water partition coefficient (Wildman–Crippen LogP) is 2.30. The molecule has 1 aromatic carbocycles. The molecule has 1 N–H and O–H groups in total. The van der Waals surface area contributed by atoms with Crippen LogP contribution in [0.4, 0.5) is 0 Å². The van der Waals surface area contributed by atoms with Crippen LogP contribution in [0.1, 0.15) is 31.1 Å². The second kappa shape index (κ2) is 7.88. The molecule has 1 amide bonds. The highest BCUT2D eigenvalue weighted by molar-refractivity contribution is 6.02. The first-order valence-corrected chi connectivity index (χ1v) is 9.03. The summed E-state index contributed by atoms with van der Waals surface area (Å²) in [6.45, 7) is 6.91. The number of ether oxygens (including phenoxy) is 1. The monoisotopic (exact) mass is 366 g/mol. The molecular weight excluding hydrogens is 342 g/mol. The number of rotatable bonds is 3. The van der Waals surface area contributed by atoms with Crippen molar-refractivity contribution in [3.63, 3.8) is 0 Å². The van der Waals surface area contributed by atoms with Crippen LogP contribution in [0, 0.1) is 6.20 Å². The van der Waals surface area contributed by atoms with Gasteiger partial charge in [0.05, 0.1) is 6.20 Å². The van der Waals surface area contributed by atoms with Crippen LogP contribution in [-0.2, 0) is 9.53 Å². The predicted molar refractivity (Wildman–Crippen MR) is 102 cm³/mol. The van der Waals surface area contributed by atoms with Crippen LogP contribution in [0.5, 0.6) is 0 Å². The first-order chi connectivity index (χ1) is 12.9. The Bertz CT molecular complexity index is 815. The lowest BCUT2D eigenvalue weighted by Crippen LogP contribution is -2.58. The minimum absolute atomic E-state index is 0.194. The van der Waals surface area contributed by atoms with Gasteiger partial charge in [-0.2, -0.15) is 0 Å². The second-order valence-electron chi connectivity index (χ2n) is 7.46. The summed E-state index contributed by atoms with van der Waals surface area (Å²) in [5.41, 5.74) is 1.41. The van der Waals surface area contributed by atoms with E-state index in [0.717, 1.165) is 11.1 Å². The van der Waals surface area contributed by atoms with Crippen LogP contribution < -0.4 is 5.32 Å². The van der Waals surface area contributed by atoms with Crippen molar-refractivity contribution in [2.24, 2.45) is 0 Å². The maximum atomic E-state index is 13.3. The van der Waals surface area contributed by atoms with E-state index in [2.05, 4.69) is 16.5 Å². The molecule has 2 heterocycles. The highest BCUT2D eigenvalue weighted by Crippen LogP contribution is 2.25. The van der Waals surface area contributed by atoms with Gasteiger partial charge in [-0.15, -0.1) is 0 Å². The SMILES string of the molecule is CC(C)(C)OC(=O)C1CNCCN1C(=O)c1ccccc1-c1[c]nccc1. The van der Waals surface area contributed by atoms with Crippen molar-refractivity contribution in [1.29, 1.82) is 0 Å². The number of carbonyl (C=O) groups excluding carboxylic acids is 2. The standard InChI is InChI=1S/C21H24N3O3/c1-21(2,3)27-20(26)18-14-23-11-12-24(18)19(25)17-9-5-4-8-16(17)15-7-6-10-22-13-15/h4-10,18,23H,11-12,14H2,1-3H3. The summed E-state index contributed by atoms with van der Waals surface area (Å²) in [5.74, 6) is -0.589. The molecule has 0 spiro atoms. The van der Waals surface area contributed by atoms with E-state index in [1.54, 1.807) is 23.2 Å². The maximum Gasteiger partial charge on any atom is 0.330 e. The first-order valence-electron chi connectivity index (χ1n) is 9.03. The van der Waals surface area contributed by atoms with Crippen molar-refractivity contribution >= 4 is 11.9 Å². The zero-order chi connectivity index (χ0) is 19.4. The van der Waals surface area contributed by atoms with Crippen molar-refractivity contribution in [3.05, 3.63) is 54.4 Å². The topological polar surface area (TPSA) is 71.5 Å². The molecule has 3 rings (SSSR count). The van der Waals surface area contributed by atoms with E-state index in [1.807, 2.05) is 45.0 Å². The Hall–Kier alpha value is -2.73. The van der Waals surface area contributed by atoms with Crippen LogP contribution in [-0.4, -0.2) is 53.0 Å². The van der Waals surface area contributed by atoms with Gasteiger partial charge in [0, 0.05) is 37.0 Å². The molecule has 6 heteroatoms. The van der Waals surface area contributed by atoms with E-state index in [9.17, 15) is 9.59 Å². The highest BCUT2D eigenvalue weighted by Gasteiger charge is 2.36. The number of carbonyl (C=O) groups is 2. The molecule has 1 aromatic heterocycles. The zero-order valence-corrected chi connectivity index (χ0v) is 15.9. The van der Waals surface area contributed by atoms with Crippen LogP contribution in [0.2, 0.25) is 0 Å². The first kappa shape index (κ1) is 19.0. The van der Waals surface area contributed by atoms with Crippen molar-refractivity contribution in [2.45, 2.75) is 32.4 Å². The smallest absolute Gasteiger partial charge is 0.330 e. The van der Waals surface area contributed by atoms with Crippen molar-refractivity contribution < 1.29 is 14.3 Å². The molecule has 1 fully saturated rings. The van der Waals surface area contributed by atoms with Gasteiger partial charge in [0.15, 0.2) is 0 Å². The third kappa shape index (κ3) is 4.52. The normalized spacial score (nSPS) is 17.4. The zero-order valence-electron chi connectivity index (χ0n) is 15.9. The lowest BCUT2D eigenvalue weighted by molar-refractivity contribution is -0.161. The maximum absolute atomic E-state index is 13.3. The van der Waals surface area contributed by atoms with Gasteiger partial charge in [-0.3, -0.25) is 9.78 Å². The molecule has 0 aliphatic carbocycles. The van der Waals surface area contributed by atoms with Crippen molar-refractivity contribution in [1.82, 2.24) is 15.2 Å². The van der Waals surface area contributed by atoms with Gasteiger partial charge in [0.25, 0.3) is 5.91 Å². The van der Waals surface area contributed by atoms with Crippen LogP contribution in [0.25, 0.3) is 11.1 Å². The van der Waals surface area contributed by atoms with Crippen molar-refractivity contribution in [3.8, 4) is 11.1 Å². The van der Waals surface area contributed by atoms with Gasteiger partial charge in [0.2, 0.25) is 0 Å². The summed E-state index contributed by atoms with van der Waals surface area (Å²) in [7, 11) is 0. The van der Waals surface area contributed by atoms with Crippen LogP contribution in [0.3, 0.4) is 0 Å². The molecule has 1 atom stereocenters. The number of pyridine rings is 1. The van der Waals surface area contributed by atoms with Gasteiger partial charge in [0.1, 0.15) is 11.6 Å². The van der Waals surface area contributed by atoms with E-state index < -0.39 is 17.6 Å². The molecular formula is C21H24N3O3. The van der Waals surface area contributed by atoms with E-state index in [0.29, 0.717) is 25.2 Å². The van der Waals surface area contributed by atoms with Crippen LogP contribution in [0.15, 0.2) is 42.6 Å². The molecule has 141 valence electrons. The number of piperazine rings is 1. The molecule has 6 nitrogen and oxygen atoms in total. The molecule has 27 heavy (non-hydrogen) atoms. The number of nitrogens with zero attached hydrogens (tertiary/aromatic N) is 2. The Morgan fingerprint density at radius 3 is 2.70 bits per heavy atom. The van der Waals surface area contributed by atoms with E-state index in [4.69, 9.17) is 4.74 Å². The quantitative estimate of drug-likeness (QED) is 0.844. The van der Waals surface area contributed by atoms with Gasteiger partial charge in [-0.05, 0) is 38.5 Å². The summed E-state index contributed by atoms with van der Waals surface area (Å²) < 4.78 is 5.52. The summed E-state index contributed by atoms with van der Waals surface area (Å²) in [4.78, 5) is 31.6. The molecule has 0 saturated carbocycles. The van der Waals surface area contributed by atoms with E-state index in [1.165, 1.54) is 0 Å². The lowest BCUT2D eigenvalue weighted by atomic mass is 9.99. The number of aromatic nitrogens is 1. The lowest BCUT2D eigenvalue weighted by Gasteiger charge is -2.36. The van der Waals surface area contributed by atoms with Gasteiger partial charge in [-0.25, -0.2) is 4.79 Å². The number of esters is 1. The Kier molecular flexibility index (Phi) is 5.56. The van der Waals surface area contributed by atoms with Crippen molar-refractivity contribution in [2.75, 3.05) is 19.6 Å². The van der Waals surface area contributed by atoms with Crippen LogP contribution >= 0.6 is 0 Å². The van der Waals surface area contributed by atoms with E-state index >= 15 is 0 Å². The fraction of sp³-hybridized carbons (Fsp3) is 0.381. The summed E-state index contributed by atoms with van der Waals surface area (Å²) in [6.07, 6.45) is 4.56.